The van der Waals surface area contributed by atoms with Crippen LogP contribution in [0.1, 0.15) is 5.56 Å². The molecule has 2 aromatic rings. The van der Waals surface area contributed by atoms with Crippen molar-refractivity contribution in [1.29, 1.82) is 0 Å². The van der Waals surface area contributed by atoms with Crippen molar-refractivity contribution in [2.45, 2.75) is 6.54 Å². The first-order chi connectivity index (χ1) is 8.24. The maximum atomic E-state index is 5.35. The number of hydrogen-bond donors (Lipinski definition) is 0. The van der Waals surface area contributed by atoms with E-state index in [0.717, 1.165) is 21.5 Å². The minimum atomic E-state index is 0.653. The second-order valence-electron chi connectivity index (χ2n) is 3.50. The molecule has 1 heterocycles. The summed E-state index contributed by atoms with van der Waals surface area (Å²) in [5.74, 6) is 1.60. The zero-order valence-corrected chi connectivity index (χ0v) is 11.3. The van der Waals surface area contributed by atoms with Crippen LogP contribution >= 0.6 is 15.9 Å². The van der Waals surface area contributed by atoms with Crippen LogP contribution in [0.25, 0.3) is 0 Å². The highest BCUT2D eigenvalue weighted by Gasteiger charge is 2.10. The second kappa shape index (κ2) is 5.23. The average Bonchev–Trinajstić information content (AvgIpc) is 2.83. The molecule has 0 atom stereocenters. The van der Waals surface area contributed by atoms with Gasteiger partial charge in [0.05, 0.1) is 25.2 Å². The van der Waals surface area contributed by atoms with Gasteiger partial charge in [-0.2, -0.15) is 5.10 Å². The van der Waals surface area contributed by atoms with Gasteiger partial charge in [-0.05, 0) is 34.1 Å². The lowest BCUT2D eigenvalue weighted by Gasteiger charge is -2.12. The summed E-state index contributed by atoms with van der Waals surface area (Å²) < 4.78 is 13.3. The van der Waals surface area contributed by atoms with Gasteiger partial charge in [-0.1, -0.05) is 0 Å². The average molecular weight is 297 g/mol. The van der Waals surface area contributed by atoms with Gasteiger partial charge in [0.2, 0.25) is 0 Å². The summed E-state index contributed by atoms with van der Waals surface area (Å²) in [4.78, 5) is 0. The molecule has 17 heavy (non-hydrogen) atoms. The highest BCUT2D eigenvalue weighted by atomic mass is 79.9. The fourth-order valence-electron chi connectivity index (χ4n) is 1.62. The molecule has 0 radical (unpaired) electrons. The Hall–Kier alpha value is -1.49. The highest BCUT2D eigenvalue weighted by Crippen LogP contribution is 2.33. The summed E-state index contributed by atoms with van der Waals surface area (Å²) in [6.45, 7) is 0.653. The molecule has 0 saturated heterocycles. The lowest BCUT2D eigenvalue weighted by Crippen LogP contribution is -2.03. The van der Waals surface area contributed by atoms with Crippen molar-refractivity contribution in [1.82, 2.24) is 9.78 Å². The third-order valence-electron chi connectivity index (χ3n) is 2.45. The Labute approximate surface area is 108 Å². The van der Waals surface area contributed by atoms with Gasteiger partial charge >= 0.3 is 0 Å². The maximum absolute atomic E-state index is 5.35. The Morgan fingerprint density at radius 1 is 1.24 bits per heavy atom. The van der Waals surface area contributed by atoms with Crippen LogP contribution in [0.3, 0.4) is 0 Å². The molecule has 0 amide bonds. The fraction of sp³-hybridized carbons (Fsp3) is 0.250. The summed E-state index contributed by atoms with van der Waals surface area (Å²) in [6, 6.07) is 5.74. The molecule has 0 saturated carbocycles. The maximum Gasteiger partial charge on any atom is 0.133 e. The number of benzene rings is 1. The molecule has 0 bridgehead atoms. The number of aromatic nitrogens is 2. The summed E-state index contributed by atoms with van der Waals surface area (Å²) in [6.07, 6.45) is 3.66. The Balaban J connectivity index is 2.37. The summed E-state index contributed by atoms with van der Waals surface area (Å²) in [5.41, 5.74) is 1.02. The van der Waals surface area contributed by atoms with Gasteiger partial charge in [0, 0.05) is 18.0 Å². The Kier molecular flexibility index (Phi) is 3.68. The number of hydrogen-bond acceptors (Lipinski definition) is 3. The van der Waals surface area contributed by atoms with E-state index < -0.39 is 0 Å². The van der Waals surface area contributed by atoms with E-state index in [1.54, 1.807) is 20.4 Å². The molecular formula is C12H13BrN2O2. The van der Waals surface area contributed by atoms with Crippen LogP contribution in [-0.2, 0) is 6.54 Å². The summed E-state index contributed by atoms with van der Waals surface area (Å²) in [5, 5.41) is 4.17. The SMILES string of the molecule is COc1cc(Cn2cccn2)c(OC)cc1Br. The van der Waals surface area contributed by atoms with Crippen molar-refractivity contribution in [3.8, 4) is 11.5 Å². The van der Waals surface area contributed by atoms with Crippen LogP contribution in [0.15, 0.2) is 35.1 Å². The molecule has 0 aliphatic rings. The lowest BCUT2D eigenvalue weighted by atomic mass is 10.2. The Morgan fingerprint density at radius 2 is 2.00 bits per heavy atom. The van der Waals surface area contributed by atoms with Crippen molar-refractivity contribution >= 4 is 15.9 Å². The first-order valence-corrected chi connectivity index (χ1v) is 5.91. The molecular weight excluding hydrogens is 284 g/mol. The monoisotopic (exact) mass is 296 g/mol. The standard InChI is InChI=1S/C12H13BrN2O2/c1-16-11-7-10(13)12(17-2)6-9(11)8-15-5-3-4-14-15/h3-7H,8H2,1-2H3. The van der Waals surface area contributed by atoms with Gasteiger partial charge in [-0.3, -0.25) is 4.68 Å². The molecule has 0 fully saturated rings. The van der Waals surface area contributed by atoms with Crippen molar-refractivity contribution in [3.05, 3.63) is 40.6 Å². The Bertz CT molecular complexity index is 497. The van der Waals surface area contributed by atoms with Crippen LogP contribution in [-0.4, -0.2) is 24.0 Å². The van der Waals surface area contributed by atoms with Crippen LogP contribution in [0.5, 0.6) is 11.5 Å². The smallest absolute Gasteiger partial charge is 0.133 e. The predicted octanol–water partition coefficient (Wildman–Crippen LogP) is 2.71. The van der Waals surface area contributed by atoms with E-state index >= 15 is 0 Å². The Morgan fingerprint density at radius 3 is 2.59 bits per heavy atom. The first-order valence-electron chi connectivity index (χ1n) is 5.12. The minimum absolute atomic E-state index is 0.653. The van der Waals surface area contributed by atoms with E-state index in [9.17, 15) is 0 Å². The number of nitrogens with zero attached hydrogens (tertiary/aromatic N) is 2. The molecule has 0 N–H and O–H groups in total. The molecule has 0 aliphatic heterocycles. The van der Waals surface area contributed by atoms with E-state index in [1.807, 2.05) is 29.1 Å². The van der Waals surface area contributed by atoms with Crippen LogP contribution in [0.4, 0.5) is 0 Å². The lowest BCUT2D eigenvalue weighted by molar-refractivity contribution is 0.395. The largest absolute Gasteiger partial charge is 0.496 e. The number of ether oxygens (including phenoxy) is 2. The van der Waals surface area contributed by atoms with Gasteiger partial charge in [0.25, 0.3) is 0 Å². The van der Waals surface area contributed by atoms with Gasteiger partial charge in [0.1, 0.15) is 11.5 Å². The molecule has 0 spiro atoms. The minimum Gasteiger partial charge on any atom is -0.496 e. The third kappa shape index (κ3) is 2.61. The van der Waals surface area contributed by atoms with Gasteiger partial charge in [-0.25, -0.2) is 0 Å². The van der Waals surface area contributed by atoms with E-state index in [0.29, 0.717) is 6.54 Å². The van der Waals surface area contributed by atoms with Crippen molar-refractivity contribution in [2.75, 3.05) is 14.2 Å². The fourth-order valence-corrected chi connectivity index (χ4v) is 2.10. The van der Waals surface area contributed by atoms with Crippen LogP contribution in [0.2, 0.25) is 0 Å². The van der Waals surface area contributed by atoms with Crippen molar-refractivity contribution in [2.24, 2.45) is 0 Å². The first kappa shape index (κ1) is 12.0. The van der Waals surface area contributed by atoms with E-state index in [4.69, 9.17) is 9.47 Å². The second-order valence-corrected chi connectivity index (χ2v) is 4.36. The molecule has 4 nitrogen and oxygen atoms in total. The van der Waals surface area contributed by atoms with E-state index in [2.05, 4.69) is 21.0 Å². The number of rotatable bonds is 4. The van der Waals surface area contributed by atoms with Gasteiger partial charge in [0.15, 0.2) is 0 Å². The summed E-state index contributed by atoms with van der Waals surface area (Å²) >= 11 is 3.43. The molecule has 0 aliphatic carbocycles. The topological polar surface area (TPSA) is 36.3 Å². The molecule has 2 rings (SSSR count). The molecule has 0 unspecified atom stereocenters. The predicted molar refractivity (Wildman–Crippen MR) is 68.6 cm³/mol. The van der Waals surface area contributed by atoms with E-state index in [1.165, 1.54) is 0 Å². The van der Waals surface area contributed by atoms with Gasteiger partial charge in [-0.15, -0.1) is 0 Å². The quantitative estimate of drug-likeness (QED) is 0.870. The highest BCUT2D eigenvalue weighted by molar-refractivity contribution is 9.10. The van der Waals surface area contributed by atoms with Crippen LogP contribution in [0, 0.1) is 0 Å². The zero-order chi connectivity index (χ0) is 12.3. The third-order valence-corrected chi connectivity index (χ3v) is 3.07. The molecule has 5 heteroatoms. The molecule has 90 valence electrons. The molecule has 1 aromatic heterocycles. The van der Waals surface area contributed by atoms with Crippen molar-refractivity contribution in [3.63, 3.8) is 0 Å². The number of halogens is 1. The number of methoxy groups -OCH3 is 2. The van der Waals surface area contributed by atoms with Gasteiger partial charge < -0.3 is 9.47 Å². The summed E-state index contributed by atoms with van der Waals surface area (Å²) in [7, 11) is 3.30. The molecule has 1 aromatic carbocycles. The van der Waals surface area contributed by atoms with E-state index in [-0.39, 0.29) is 0 Å². The normalized spacial score (nSPS) is 10.3. The van der Waals surface area contributed by atoms with Crippen LogP contribution < -0.4 is 9.47 Å². The van der Waals surface area contributed by atoms with Crippen molar-refractivity contribution < 1.29 is 9.47 Å². The zero-order valence-electron chi connectivity index (χ0n) is 9.68.